The molecule has 0 bridgehead atoms. The van der Waals surface area contributed by atoms with Gasteiger partial charge in [0.1, 0.15) is 5.75 Å². The fraction of sp³-hybridized carbons (Fsp3) is 0.429. The molecule has 0 saturated carbocycles. The minimum atomic E-state index is -6.88. The van der Waals surface area contributed by atoms with Crippen molar-refractivity contribution in [3.05, 3.63) is 36.4 Å². The fourth-order valence-electron chi connectivity index (χ4n) is 1.56. The summed E-state index contributed by atoms with van der Waals surface area (Å²) in [5, 5.41) is 0. The van der Waals surface area contributed by atoms with Gasteiger partial charge in [-0.1, -0.05) is 24.8 Å². The highest BCUT2D eigenvalue weighted by Crippen LogP contribution is 2.53. The first kappa shape index (κ1) is 20.2. The van der Waals surface area contributed by atoms with Crippen LogP contribution in [0.1, 0.15) is 12.0 Å². The van der Waals surface area contributed by atoms with Crippen LogP contribution in [0.25, 0.3) is 6.08 Å². The van der Waals surface area contributed by atoms with Gasteiger partial charge in [0.15, 0.2) is 0 Å². The molecular weight excluding hydrogens is 355 g/mol. The third-order valence-corrected chi connectivity index (χ3v) is 3.01. The predicted molar refractivity (Wildman–Crippen MR) is 67.5 cm³/mol. The number of benzene rings is 1. The third kappa shape index (κ3) is 3.78. The van der Waals surface area contributed by atoms with Crippen molar-refractivity contribution >= 4 is 6.08 Å². The highest BCUT2D eigenvalue weighted by molar-refractivity contribution is 5.48. The lowest BCUT2D eigenvalue weighted by Gasteiger charge is -2.33. The van der Waals surface area contributed by atoms with E-state index < -0.39 is 37.0 Å². The fourth-order valence-corrected chi connectivity index (χ4v) is 1.56. The van der Waals surface area contributed by atoms with Gasteiger partial charge < -0.3 is 4.74 Å². The number of halogens is 9. The Kier molecular flexibility index (Phi) is 5.51. The number of rotatable bonds is 7. The molecule has 0 fully saturated rings. The lowest BCUT2D eigenvalue weighted by molar-refractivity contribution is -0.397. The van der Waals surface area contributed by atoms with E-state index in [-0.39, 0.29) is 5.75 Å². The highest BCUT2D eigenvalue weighted by atomic mass is 19.4. The topological polar surface area (TPSA) is 9.23 Å². The van der Waals surface area contributed by atoms with E-state index in [1.807, 2.05) is 0 Å². The van der Waals surface area contributed by atoms with Crippen LogP contribution in [-0.4, -0.2) is 30.6 Å². The van der Waals surface area contributed by atoms with Crippen LogP contribution in [0.3, 0.4) is 0 Å². The maximum atomic E-state index is 13.2. The van der Waals surface area contributed by atoms with Crippen LogP contribution in [0.4, 0.5) is 39.5 Å². The summed E-state index contributed by atoms with van der Waals surface area (Å²) in [7, 11) is 0. The normalized spacial score (nSPS) is 13.7. The van der Waals surface area contributed by atoms with Crippen molar-refractivity contribution in [2.24, 2.45) is 0 Å². The van der Waals surface area contributed by atoms with Crippen molar-refractivity contribution in [2.45, 2.75) is 30.4 Å². The van der Waals surface area contributed by atoms with Gasteiger partial charge in [-0.15, -0.1) is 0 Å². The van der Waals surface area contributed by atoms with Crippen molar-refractivity contribution in [1.29, 1.82) is 0 Å². The summed E-state index contributed by atoms with van der Waals surface area (Å²) in [6.45, 7) is 2.25. The summed E-state index contributed by atoms with van der Waals surface area (Å²) in [6, 6.07) is 5.40. The standard InChI is InChI=1S/C14H11F9O/c1-2-9-3-5-10(6-4-9)24-8-7-11(15,16)12(17,18)13(19,20)14(21,22)23/h2-6H,1,7-8H2. The first-order chi connectivity index (χ1) is 10.8. The second-order valence-electron chi connectivity index (χ2n) is 4.72. The Bertz CT molecular complexity index is 561. The average molecular weight is 366 g/mol. The smallest absolute Gasteiger partial charge is 0.460 e. The van der Waals surface area contributed by atoms with Crippen molar-refractivity contribution < 1.29 is 44.3 Å². The molecule has 10 heteroatoms. The first-order valence-corrected chi connectivity index (χ1v) is 6.32. The zero-order chi connectivity index (χ0) is 18.8. The van der Waals surface area contributed by atoms with Gasteiger partial charge in [-0.25, -0.2) is 0 Å². The number of hydrogen-bond acceptors (Lipinski definition) is 1. The molecule has 0 aliphatic rings. The van der Waals surface area contributed by atoms with Gasteiger partial charge >= 0.3 is 23.9 Å². The zero-order valence-corrected chi connectivity index (χ0v) is 11.8. The Hall–Kier alpha value is -1.87. The molecule has 0 aliphatic carbocycles. The van der Waals surface area contributed by atoms with Crippen LogP contribution < -0.4 is 4.74 Å². The molecule has 136 valence electrons. The second kappa shape index (κ2) is 6.56. The Labute approximate surface area is 130 Å². The Morgan fingerprint density at radius 2 is 1.33 bits per heavy atom. The minimum Gasteiger partial charge on any atom is -0.493 e. The van der Waals surface area contributed by atoms with E-state index in [0.29, 0.717) is 5.56 Å². The molecule has 0 amide bonds. The summed E-state index contributed by atoms with van der Waals surface area (Å²) in [6.07, 6.45) is -7.41. The predicted octanol–water partition coefficient (Wildman–Crippen LogP) is 5.57. The molecule has 1 nitrogen and oxygen atoms in total. The zero-order valence-electron chi connectivity index (χ0n) is 11.8. The minimum absolute atomic E-state index is 0.0534. The molecule has 0 spiro atoms. The van der Waals surface area contributed by atoms with Crippen molar-refractivity contribution in [1.82, 2.24) is 0 Å². The number of ether oxygens (including phenoxy) is 1. The highest BCUT2D eigenvalue weighted by Gasteiger charge is 2.81. The van der Waals surface area contributed by atoms with Gasteiger partial charge in [-0.3, -0.25) is 0 Å². The van der Waals surface area contributed by atoms with Crippen LogP contribution in [0, 0.1) is 0 Å². The monoisotopic (exact) mass is 366 g/mol. The lowest BCUT2D eigenvalue weighted by Crippen LogP contribution is -2.61. The van der Waals surface area contributed by atoms with Crippen LogP contribution in [0.2, 0.25) is 0 Å². The number of hydrogen-bond donors (Lipinski definition) is 0. The van der Waals surface area contributed by atoms with Crippen LogP contribution in [0.5, 0.6) is 5.75 Å². The summed E-state index contributed by atoms with van der Waals surface area (Å²) >= 11 is 0. The molecule has 1 rings (SSSR count). The maximum Gasteiger partial charge on any atom is 0.460 e. The molecule has 0 unspecified atom stereocenters. The molecule has 0 atom stereocenters. The largest absolute Gasteiger partial charge is 0.493 e. The van der Waals surface area contributed by atoms with E-state index in [9.17, 15) is 39.5 Å². The summed E-state index contributed by atoms with van der Waals surface area (Å²) in [5.41, 5.74) is 0.629. The first-order valence-electron chi connectivity index (χ1n) is 6.32. The Morgan fingerprint density at radius 3 is 1.75 bits per heavy atom. The maximum absolute atomic E-state index is 13.2. The Morgan fingerprint density at radius 1 is 0.833 bits per heavy atom. The van der Waals surface area contributed by atoms with E-state index in [4.69, 9.17) is 0 Å². The second-order valence-corrected chi connectivity index (χ2v) is 4.72. The van der Waals surface area contributed by atoms with Gasteiger partial charge in [0.2, 0.25) is 0 Å². The lowest BCUT2D eigenvalue weighted by atomic mass is 10.0. The average Bonchev–Trinajstić information content (AvgIpc) is 2.46. The van der Waals surface area contributed by atoms with Gasteiger partial charge in [0.25, 0.3) is 0 Å². The third-order valence-electron chi connectivity index (χ3n) is 3.01. The van der Waals surface area contributed by atoms with E-state index in [2.05, 4.69) is 11.3 Å². The van der Waals surface area contributed by atoms with Crippen molar-refractivity contribution in [2.75, 3.05) is 6.61 Å². The summed E-state index contributed by atoms with van der Waals surface area (Å²) < 4.78 is 118. The molecule has 0 aromatic heterocycles. The van der Waals surface area contributed by atoms with Gasteiger partial charge in [-0.05, 0) is 17.7 Å². The molecule has 1 aromatic rings. The van der Waals surface area contributed by atoms with Crippen LogP contribution >= 0.6 is 0 Å². The van der Waals surface area contributed by atoms with E-state index in [0.717, 1.165) is 0 Å². The van der Waals surface area contributed by atoms with Gasteiger partial charge in [0.05, 0.1) is 13.0 Å². The molecule has 0 heterocycles. The Balaban J connectivity index is 2.79. The van der Waals surface area contributed by atoms with E-state index in [1.54, 1.807) is 0 Å². The van der Waals surface area contributed by atoms with Crippen molar-refractivity contribution in [3.8, 4) is 5.75 Å². The van der Waals surface area contributed by atoms with E-state index in [1.165, 1.54) is 30.3 Å². The summed E-state index contributed by atoms with van der Waals surface area (Å²) in [4.78, 5) is 0. The molecule has 24 heavy (non-hydrogen) atoms. The van der Waals surface area contributed by atoms with Crippen molar-refractivity contribution in [3.63, 3.8) is 0 Å². The van der Waals surface area contributed by atoms with Crippen LogP contribution in [-0.2, 0) is 0 Å². The molecule has 0 saturated heterocycles. The summed E-state index contributed by atoms with van der Waals surface area (Å²) in [5.74, 6) is -19.2. The quantitative estimate of drug-likeness (QED) is 0.574. The van der Waals surface area contributed by atoms with Crippen LogP contribution in [0.15, 0.2) is 30.8 Å². The SMILES string of the molecule is C=Cc1ccc(OCCC(F)(F)C(F)(F)C(F)(F)C(F)(F)F)cc1. The number of alkyl halides is 9. The molecule has 1 aromatic carbocycles. The molecule has 0 radical (unpaired) electrons. The molecule has 0 N–H and O–H groups in total. The van der Waals surface area contributed by atoms with Gasteiger partial charge in [-0.2, -0.15) is 39.5 Å². The molecular formula is C14H11F9O. The van der Waals surface area contributed by atoms with E-state index >= 15 is 0 Å². The molecule has 0 aliphatic heterocycles. The van der Waals surface area contributed by atoms with Gasteiger partial charge in [0, 0.05) is 0 Å².